The van der Waals surface area contributed by atoms with Crippen molar-refractivity contribution >= 4 is 0 Å². The number of pyridine rings is 1. The highest BCUT2D eigenvalue weighted by atomic mass is 16.1. The van der Waals surface area contributed by atoms with E-state index in [9.17, 15) is 4.79 Å². The summed E-state index contributed by atoms with van der Waals surface area (Å²) in [5, 5.41) is 0. The quantitative estimate of drug-likeness (QED) is 0.790. The van der Waals surface area contributed by atoms with Gasteiger partial charge in [-0.15, -0.1) is 0 Å². The number of nitrogens with zero attached hydrogens (tertiary/aromatic N) is 1. The van der Waals surface area contributed by atoms with Crippen LogP contribution < -0.4 is 5.56 Å². The fourth-order valence-corrected chi connectivity index (χ4v) is 3.88. The average Bonchev–Trinajstić information content (AvgIpc) is 2.79. The second kappa shape index (κ2) is 6.68. The molecule has 1 fully saturated rings. The lowest BCUT2D eigenvalue weighted by Gasteiger charge is -2.36. The van der Waals surface area contributed by atoms with Crippen LogP contribution in [0.1, 0.15) is 63.9 Å². The summed E-state index contributed by atoms with van der Waals surface area (Å²) in [4.78, 5) is 13.0. The first-order valence-electron chi connectivity index (χ1n) is 8.75. The Morgan fingerprint density at radius 3 is 2.82 bits per heavy atom. The predicted octanol–water partition coefficient (Wildman–Crippen LogP) is 4.74. The third-order valence-corrected chi connectivity index (χ3v) is 5.29. The topological polar surface area (TPSA) is 22.0 Å². The van der Waals surface area contributed by atoms with Gasteiger partial charge in [-0.25, -0.2) is 0 Å². The third-order valence-electron chi connectivity index (χ3n) is 5.29. The van der Waals surface area contributed by atoms with E-state index in [0.29, 0.717) is 0 Å². The molecule has 1 saturated carbocycles. The van der Waals surface area contributed by atoms with Gasteiger partial charge in [0.2, 0.25) is 0 Å². The van der Waals surface area contributed by atoms with Crippen LogP contribution in [-0.2, 0) is 12.0 Å². The molecule has 0 N–H and O–H groups in total. The Kier molecular flexibility index (Phi) is 4.66. The smallest absolute Gasteiger partial charge is 0.254 e. The van der Waals surface area contributed by atoms with Gasteiger partial charge in [0.05, 0.1) is 0 Å². The van der Waals surface area contributed by atoms with Gasteiger partial charge in [0, 0.05) is 17.3 Å². The van der Waals surface area contributed by atoms with E-state index >= 15 is 0 Å². The van der Waals surface area contributed by atoms with Gasteiger partial charge in [0.15, 0.2) is 0 Å². The lowest BCUT2D eigenvalue weighted by atomic mass is 9.83. The van der Waals surface area contributed by atoms with Crippen LogP contribution in [0.4, 0.5) is 0 Å². The Hall–Kier alpha value is -1.57. The Bertz CT molecular complexity index is 629. The largest absolute Gasteiger partial charge is 0.309 e. The number of allylic oxidation sites excluding steroid dienone is 4. The summed E-state index contributed by atoms with van der Waals surface area (Å²) < 4.78 is 2.02. The Morgan fingerprint density at radius 1 is 1.18 bits per heavy atom. The van der Waals surface area contributed by atoms with Crippen LogP contribution in [0.25, 0.3) is 0 Å². The molecular formula is C20H27NO. The number of hydrogen-bond donors (Lipinski definition) is 0. The first-order chi connectivity index (χ1) is 10.7. The van der Waals surface area contributed by atoms with Crippen LogP contribution in [-0.4, -0.2) is 4.57 Å². The third kappa shape index (κ3) is 3.26. The molecule has 1 heterocycles. The highest BCUT2D eigenvalue weighted by molar-refractivity contribution is 5.24. The second-order valence-electron chi connectivity index (χ2n) is 7.09. The molecule has 0 aliphatic heterocycles. The van der Waals surface area contributed by atoms with Gasteiger partial charge in [-0.3, -0.25) is 4.79 Å². The maximum absolute atomic E-state index is 13.0. The molecule has 3 rings (SSSR count). The Labute approximate surface area is 133 Å². The lowest BCUT2D eigenvalue weighted by Crippen LogP contribution is -2.41. The highest BCUT2D eigenvalue weighted by Gasteiger charge is 2.29. The summed E-state index contributed by atoms with van der Waals surface area (Å²) in [7, 11) is 0. The lowest BCUT2D eigenvalue weighted by molar-refractivity contribution is 0.212. The van der Waals surface area contributed by atoms with E-state index in [4.69, 9.17) is 0 Å². The number of hydrogen-bond acceptors (Lipinski definition) is 1. The van der Waals surface area contributed by atoms with Crippen molar-refractivity contribution in [3.8, 4) is 0 Å². The molecule has 0 aromatic carbocycles. The Morgan fingerprint density at radius 2 is 2.00 bits per heavy atom. The van der Waals surface area contributed by atoms with Crippen molar-refractivity contribution in [1.29, 1.82) is 0 Å². The van der Waals surface area contributed by atoms with E-state index in [1.807, 2.05) is 16.8 Å². The SMILES string of the molecule is CC1(n2cccc(CC3=CC=CCCC3)c2=O)CCCCC1. The molecule has 2 nitrogen and oxygen atoms in total. The van der Waals surface area contributed by atoms with Gasteiger partial charge in [-0.1, -0.05) is 49.1 Å². The van der Waals surface area contributed by atoms with Gasteiger partial charge in [0.25, 0.3) is 5.56 Å². The molecule has 2 aliphatic carbocycles. The van der Waals surface area contributed by atoms with E-state index < -0.39 is 0 Å². The number of rotatable bonds is 3. The molecule has 0 radical (unpaired) electrons. The molecule has 1 aromatic heterocycles. The van der Waals surface area contributed by atoms with Gasteiger partial charge in [0.1, 0.15) is 0 Å². The van der Waals surface area contributed by atoms with Crippen molar-refractivity contribution in [2.24, 2.45) is 0 Å². The minimum absolute atomic E-state index is 0.0169. The maximum atomic E-state index is 13.0. The molecular weight excluding hydrogens is 270 g/mol. The summed E-state index contributed by atoms with van der Waals surface area (Å²) in [6, 6.07) is 4.07. The first kappa shape index (κ1) is 15.3. The molecule has 0 amide bonds. The minimum Gasteiger partial charge on any atom is -0.309 e. The summed E-state index contributed by atoms with van der Waals surface area (Å²) in [6.45, 7) is 2.25. The van der Waals surface area contributed by atoms with Crippen LogP contribution in [0, 0.1) is 0 Å². The first-order valence-corrected chi connectivity index (χ1v) is 8.75. The molecule has 2 heteroatoms. The fourth-order valence-electron chi connectivity index (χ4n) is 3.88. The van der Waals surface area contributed by atoms with E-state index in [-0.39, 0.29) is 11.1 Å². The highest BCUT2D eigenvalue weighted by Crippen LogP contribution is 2.33. The van der Waals surface area contributed by atoms with Gasteiger partial charge in [-0.05, 0) is 51.5 Å². The molecule has 0 unspecified atom stereocenters. The van der Waals surface area contributed by atoms with E-state index in [2.05, 4.69) is 31.2 Å². The van der Waals surface area contributed by atoms with Crippen molar-refractivity contribution in [3.63, 3.8) is 0 Å². The van der Waals surface area contributed by atoms with Crippen molar-refractivity contribution < 1.29 is 0 Å². The predicted molar refractivity (Wildman–Crippen MR) is 92.2 cm³/mol. The van der Waals surface area contributed by atoms with Crippen LogP contribution in [0.2, 0.25) is 0 Å². The van der Waals surface area contributed by atoms with Crippen molar-refractivity contribution in [1.82, 2.24) is 4.57 Å². The van der Waals surface area contributed by atoms with Crippen LogP contribution in [0.3, 0.4) is 0 Å². The van der Waals surface area contributed by atoms with E-state index in [1.165, 1.54) is 31.3 Å². The van der Waals surface area contributed by atoms with Crippen LogP contribution in [0.15, 0.2) is 46.9 Å². The van der Waals surface area contributed by atoms with E-state index in [0.717, 1.165) is 37.7 Å². The minimum atomic E-state index is 0.0169. The molecule has 118 valence electrons. The fraction of sp³-hybridized carbons (Fsp3) is 0.550. The molecule has 0 saturated heterocycles. The van der Waals surface area contributed by atoms with Crippen LogP contribution >= 0.6 is 0 Å². The molecule has 22 heavy (non-hydrogen) atoms. The van der Waals surface area contributed by atoms with Crippen molar-refractivity contribution in [2.45, 2.75) is 70.3 Å². The average molecular weight is 297 g/mol. The summed E-state index contributed by atoms with van der Waals surface area (Å²) in [6.07, 6.45) is 18.9. The second-order valence-corrected chi connectivity index (χ2v) is 7.09. The number of aromatic nitrogens is 1. The van der Waals surface area contributed by atoms with Crippen molar-refractivity contribution in [2.75, 3.05) is 0 Å². The zero-order chi connectivity index (χ0) is 15.4. The normalized spacial score (nSPS) is 21.2. The summed E-state index contributed by atoms with van der Waals surface area (Å²) in [5.41, 5.74) is 2.58. The van der Waals surface area contributed by atoms with E-state index in [1.54, 1.807) is 0 Å². The Balaban J connectivity index is 1.87. The summed E-state index contributed by atoms with van der Waals surface area (Å²) >= 11 is 0. The zero-order valence-corrected chi connectivity index (χ0v) is 13.7. The van der Waals surface area contributed by atoms with Gasteiger partial charge in [-0.2, -0.15) is 0 Å². The maximum Gasteiger partial charge on any atom is 0.254 e. The van der Waals surface area contributed by atoms with Gasteiger partial charge < -0.3 is 4.57 Å². The van der Waals surface area contributed by atoms with Crippen molar-refractivity contribution in [3.05, 3.63) is 58.0 Å². The molecule has 0 atom stereocenters. The molecule has 1 aromatic rings. The summed E-state index contributed by atoms with van der Waals surface area (Å²) in [5.74, 6) is 0. The molecule has 2 aliphatic rings. The zero-order valence-electron chi connectivity index (χ0n) is 13.7. The van der Waals surface area contributed by atoms with Gasteiger partial charge >= 0.3 is 0 Å². The molecule has 0 spiro atoms. The molecule has 0 bridgehead atoms. The monoisotopic (exact) mass is 297 g/mol. The van der Waals surface area contributed by atoms with Crippen LogP contribution in [0.5, 0.6) is 0 Å². The standard InChI is InChI=1S/C20H27NO/c1-20(13-7-4-8-14-20)21-15-9-12-18(19(21)22)16-17-10-5-2-3-6-11-17/h2,5,9-10,12,15H,3-4,6-8,11,13-14,16H2,1H3.